The molecule has 0 fully saturated rings. The largest absolute Gasteiger partial charge is 0.495 e. The Morgan fingerprint density at radius 2 is 1.96 bits per heavy atom. The van der Waals surface area contributed by atoms with Gasteiger partial charge in [-0.2, -0.15) is 5.10 Å². The van der Waals surface area contributed by atoms with Gasteiger partial charge in [0.25, 0.3) is 11.6 Å². The zero-order valence-electron chi connectivity index (χ0n) is 15.1. The van der Waals surface area contributed by atoms with Crippen LogP contribution in [0, 0.1) is 10.1 Å². The minimum atomic E-state index is -0.649. The zero-order chi connectivity index (χ0) is 20.7. The molecule has 10 heteroatoms. The van der Waals surface area contributed by atoms with Crippen molar-refractivity contribution >= 4 is 40.5 Å². The van der Waals surface area contributed by atoms with Gasteiger partial charge in [-0.15, -0.1) is 0 Å². The van der Waals surface area contributed by atoms with Gasteiger partial charge in [0, 0.05) is 17.8 Å². The minimum Gasteiger partial charge on any atom is -0.495 e. The van der Waals surface area contributed by atoms with Gasteiger partial charge >= 0.3 is 0 Å². The Morgan fingerprint density at radius 3 is 2.61 bits per heavy atom. The molecule has 28 heavy (non-hydrogen) atoms. The molecule has 0 bridgehead atoms. The monoisotopic (exact) mass is 404 g/mol. The van der Waals surface area contributed by atoms with Crippen LogP contribution in [-0.4, -0.2) is 29.6 Å². The first-order chi connectivity index (χ1) is 13.3. The molecule has 0 atom stereocenters. The predicted octanol–water partition coefficient (Wildman–Crippen LogP) is 3.39. The van der Waals surface area contributed by atoms with E-state index >= 15 is 0 Å². The smallest absolute Gasteiger partial charge is 0.272 e. The summed E-state index contributed by atoms with van der Waals surface area (Å²) >= 11 is 5.90. The molecule has 2 amide bonds. The highest BCUT2D eigenvalue weighted by Crippen LogP contribution is 2.23. The number of carbonyl (C=O) groups excluding carboxylic acids is 2. The van der Waals surface area contributed by atoms with E-state index in [1.54, 1.807) is 31.2 Å². The van der Waals surface area contributed by atoms with Crippen LogP contribution in [0.25, 0.3) is 0 Å². The van der Waals surface area contributed by atoms with Crippen molar-refractivity contribution in [2.24, 2.45) is 5.10 Å². The van der Waals surface area contributed by atoms with Gasteiger partial charge in [-0.1, -0.05) is 23.7 Å². The highest BCUT2D eigenvalue weighted by Gasteiger charge is 2.15. The van der Waals surface area contributed by atoms with Crippen LogP contribution >= 0.6 is 11.6 Å². The van der Waals surface area contributed by atoms with Crippen molar-refractivity contribution in [2.75, 3.05) is 12.4 Å². The highest BCUT2D eigenvalue weighted by molar-refractivity contribution is 6.34. The summed E-state index contributed by atoms with van der Waals surface area (Å²) in [5, 5.41) is 17.2. The summed E-state index contributed by atoms with van der Waals surface area (Å²) in [6, 6.07) is 10.4. The van der Waals surface area contributed by atoms with Crippen molar-refractivity contribution in [3.05, 3.63) is 63.2 Å². The molecule has 2 rings (SSSR count). The number of methoxy groups -OCH3 is 1. The maximum absolute atomic E-state index is 12.1. The van der Waals surface area contributed by atoms with E-state index in [2.05, 4.69) is 15.8 Å². The molecular formula is C18H17ClN4O5. The maximum atomic E-state index is 12.1. The minimum absolute atomic E-state index is 0.0299. The third-order valence-electron chi connectivity index (χ3n) is 3.55. The standard InChI is InChI=1S/C18H17ClN4O5/c1-11(9-17(24)20-15-5-3-4-6-16(15)28-2)21-22-18(25)13-8-7-12(23(26)27)10-14(13)19/h3-8,10H,9H2,1-2H3,(H,20,24)(H,22,25)/b21-11+. The van der Waals surface area contributed by atoms with Crippen molar-refractivity contribution in [1.29, 1.82) is 0 Å². The Morgan fingerprint density at radius 1 is 1.25 bits per heavy atom. The first-order valence-corrected chi connectivity index (χ1v) is 8.40. The van der Waals surface area contributed by atoms with Crippen LogP contribution in [-0.2, 0) is 4.79 Å². The lowest BCUT2D eigenvalue weighted by Gasteiger charge is -2.09. The van der Waals surface area contributed by atoms with E-state index in [0.717, 1.165) is 12.1 Å². The second-order valence-corrected chi connectivity index (χ2v) is 6.04. The number of para-hydroxylation sites is 2. The molecule has 2 aromatic rings. The Kier molecular flexibility index (Phi) is 7.05. The third-order valence-corrected chi connectivity index (χ3v) is 3.87. The first-order valence-electron chi connectivity index (χ1n) is 8.02. The number of non-ortho nitro benzene ring substituents is 1. The Labute approximate surface area is 165 Å². The number of ether oxygens (including phenoxy) is 1. The fourth-order valence-corrected chi connectivity index (χ4v) is 2.48. The Bertz CT molecular complexity index is 945. The number of nitro benzene ring substituents is 1. The molecule has 0 spiro atoms. The molecule has 0 saturated heterocycles. The average Bonchev–Trinajstić information content (AvgIpc) is 2.66. The second kappa shape index (κ2) is 9.47. The highest BCUT2D eigenvalue weighted by atomic mass is 35.5. The molecule has 146 valence electrons. The summed E-state index contributed by atoms with van der Waals surface area (Å²) in [6.07, 6.45) is -0.0632. The van der Waals surface area contributed by atoms with E-state index in [-0.39, 0.29) is 28.6 Å². The van der Waals surface area contributed by atoms with Crippen molar-refractivity contribution in [1.82, 2.24) is 5.43 Å². The zero-order valence-corrected chi connectivity index (χ0v) is 15.8. The van der Waals surface area contributed by atoms with Crippen LogP contribution in [0.1, 0.15) is 23.7 Å². The SMILES string of the molecule is COc1ccccc1NC(=O)C/C(C)=N/NC(=O)c1ccc([N+](=O)[O-])cc1Cl. The Hall–Kier alpha value is -3.46. The van der Waals surface area contributed by atoms with E-state index in [1.807, 2.05) is 0 Å². The van der Waals surface area contributed by atoms with Crippen LogP contribution in [0.15, 0.2) is 47.6 Å². The number of anilines is 1. The van der Waals surface area contributed by atoms with E-state index in [1.165, 1.54) is 13.2 Å². The molecule has 2 N–H and O–H groups in total. The molecule has 0 aliphatic heterocycles. The number of nitro groups is 1. The lowest BCUT2D eigenvalue weighted by Crippen LogP contribution is -2.22. The van der Waals surface area contributed by atoms with Crippen LogP contribution < -0.4 is 15.5 Å². The summed E-state index contributed by atoms with van der Waals surface area (Å²) in [7, 11) is 1.50. The summed E-state index contributed by atoms with van der Waals surface area (Å²) in [5.41, 5.74) is 2.94. The molecule has 0 heterocycles. The van der Waals surface area contributed by atoms with Crippen molar-refractivity contribution < 1.29 is 19.2 Å². The second-order valence-electron chi connectivity index (χ2n) is 5.63. The third kappa shape index (κ3) is 5.52. The average molecular weight is 405 g/mol. The van der Waals surface area contributed by atoms with Crippen molar-refractivity contribution in [2.45, 2.75) is 13.3 Å². The van der Waals surface area contributed by atoms with Crippen LogP contribution in [0.2, 0.25) is 5.02 Å². The number of rotatable bonds is 7. The van der Waals surface area contributed by atoms with E-state index in [9.17, 15) is 19.7 Å². The number of hydrazone groups is 1. The molecule has 0 aromatic heterocycles. The molecule has 9 nitrogen and oxygen atoms in total. The van der Waals surface area contributed by atoms with E-state index in [4.69, 9.17) is 16.3 Å². The van der Waals surface area contributed by atoms with Crippen LogP contribution in [0.4, 0.5) is 11.4 Å². The van der Waals surface area contributed by atoms with Gasteiger partial charge in [0.1, 0.15) is 5.75 Å². The van der Waals surface area contributed by atoms with Crippen molar-refractivity contribution in [3.63, 3.8) is 0 Å². The van der Waals surface area contributed by atoms with Crippen LogP contribution in [0.3, 0.4) is 0 Å². The molecule has 0 unspecified atom stereocenters. The molecule has 0 aliphatic rings. The maximum Gasteiger partial charge on any atom is 0.272 e. The fraction of sp³-hybridized carbons (Fsp3) is 0.167. The molecular weight excluding hydrogens is 388 g/mol. The van der Waals surface area contributed by atoms with Gasteiger partial charge in [0.2, 0.25) is 5.91 Å². The van der Waals surface area contributed by atoms with E-state index < -0.39 is 10.8 Å². The lowest BCUT2D eigenvalue weighted by molar-refractivity contribution is -0.384. The van der Waals surface area contributed by atoms with E-state index in [0.29, 0.717) is 17.1 Å². The van der Waals surface area contributed by atoms with Crippen LogP contribution in [0.5, 0.6) is 5.75 Å². The van der Waals surface area contributed by atoms with Gasteiger partial charge in [0.15, 0.2) is 0 Å². The topological polar surface area (TPSA) is 123 Å². The number of nitrogens with zero attached hydrogens (tertiary/aromatic N) is 2. The number of carbonyl (C=O) groups is 2. The summed E-state index contributed by atoms with van der Waals surface area (Å²) in [6.45, 7) is 1.57. The summed E-state index contributed by atoms with van der Waals surface area (Å²) < 4.78 is 5.16. The summed E-state index contributed by atoms with van der Waals surface area (Å²) in [4.78, 5) is 34.3. The van der Waals surface area contributed by atoms with Crippen molar-refractivity contribution in [3.8, 4) is 5.75 Å². The fourth-order valence-electron chi connectivity index (χ4n) is 2.22. The molecule has 0 aliphatic carbocycles. The van der Waals surface area contributed by atoms with Gasteiger partial charge in [-0.05, 0) is 25.1 Å². The number of halogens is 1. The first kappa shape index (κ1) is 20.8. The summed E-state index contributed by atoms with van der Waals surface area (Å²) in [5.74, 6) is -0.468. The number of amides is 2. The molecule has 2 aromatic carbocycles. The number of hydrogen-bond donors (Lipinski definition) is 2. The normalized spacial score (nSPS) is 10.9. The van der Waals surface area contributed by atoms with Gasteiger partial charge < -0.3 is 10.1 Å². The number of hydrogen-bond acceptors (Lipinski definition) is 6. The quantitative estimate of drug-likeness (QED) is 0.416. The predicted molar refractivity (Wildman–Crippen MR) is 105 cm³/mol. The number of nitrogens with one attached hydrogen (secondary N) is 2. The molecule has 0 radical (unpaired) electrons. The molecule has 0 saturated carbocycles. The van der Waals surface area contributed by atoms with Gasteiger partial charge in [0.05, 0.1) is 34.7 Å². The Balaban J connectivity index is 1.97. The van der Waals surface area contributed by atoms with Gasteiger partial charge in [-0.25, -0.2) is 5.43 Å². The number of benzene rings is 2. The lowest BCUT2D eigenvalue weighted by atomic mass is 10.2. The van der Waals surface area contributed by atoms with Gasteiger partial charge in [-0.3, -0.25) is 19.7 Å².